The van der Waals surface area contributed by atoms with Crippen molar-refractivity contribution in [2.45, 2.75) is 0 Å². The SMILES string of the molecule is c1ccc(-c2nc(-c3ccc4c(c3)c3ccccc3n4-c3ccccc3)nc(-c3nc(-n4c5ccccc5c5ccccc54)c4c(n3)oc3ccccc34)n2)cc1. The minimum Gasteiger partial charge on any atom is -0.437 e. The summed E-state index contributed by atoms with van der Waals surface area (Å²) in [4.78, 5) is 25.7. The molecule has 5 aromatic heterocycles. The van der Waals surface area contributed by atoms with Crippen molar-refractivity contribution in [1.82, 2.24) is 34.1 Å². The number of benzene rings is 7. The fourth-order valence-electron chi connectivity index (χ4n) is 8.31. The number of furan rings is 1. The summed E-state index contributed by atoms with van der Waals surface area (Å²) in [5, 5.41) is 6.26. The zero-order chi connectivity index (χ0) is 37.5. The monoisotopic (exact) mass is 731 g/mol. The van der Waals surface area contributed by atoms with E-state index in [4.69, 9.17) is 29.3 Å². The molecule has 266 valence electrons. The van der Waals surface area contributed by atoms with Gasteiger partial charge in [-0.2, -0.15) is 4.98 Å². The molecule has 7 aromatic carbocycles. The molecule has 0 aliphatic rings. The quantitative estimate of drug-likeness (QED) is 0.175. The molecule has 0 aliphatic carbocycles. The third-order valence-electron chi connectivity index (χ3n) is 10.8. The van der Waals surface area contributed by atoms with E-state index >= 15 is 0 Å². The summed E-state index contributed by atoms with van der Waals surface area (Å²) in [6, 6.07) is 60.2. The summed E-state index contributed by atoms with van der Waals surface area (Å²) in [5.74, 6) is 2.41. The van der Waals surface area contributed by atoms with E-state index < -0.39 is 0 Å². The Labute approximate surface area is 325 Å². The van der Waals surface area contributed by atoms with Gasteiger partial charge in [-0.3, -0.25) is 4.57 Å². The Morgan fingerprint density at radius 1 is 0.351 bits per heavy atom. The van der Waals surface area contributed by atoms with Crippen LogP contribution >= 0.6 is 0 Å². The maximum Gasteiger partial charge on any atom is 0.233 e. The molecule has 0 radical (unpaired) electrons. The molecule has 0 fully saturated rings. The Bertz CT molecular complexity index is 3480. The Morgan fingerprint density at radius 3 is 1.56 bits per heavy atom. The highest BCUT2D eigenvalue weighted by Crippen LogP contribution is 2.39. The minimum absolute atomic E-state index is 0.334. The second kappa shape index (κ2) is 12.3. The van der Waals surface area contributed by atoms with Crippen molar-refractivity contribution in [3.05, 3.63) is 176 Å². The Kier molecular flexibility index (Phi) is 6.76. The molecule has 0 saturated carbocycles. The smallest absolute Gasteiger partial charge is 0.233 e. The summed E-state index contributed by atoms with van der Waals surface area (Å²) in [7, 11) is 0. The number of fused-ring (bicyclic) bond motifs is 9. The maximum atomic E-state index is 6.50. The normalized spacial score (nSPS) is 11.9. The highest BCUT2D eigenvalue weighted by molar-refractivity contribution is 6.13. The van der Waals surface area contributed by atoms with Gasteiger partial charge in [0.2, 0.25) is 17.4 Å². The van der Waals surface area contributed by atoms with Crippen molar-refractivity contribution in [2.24, 2.45) is 0 Å². The average molecular weight is 732 g/mol. The maximum absolute atomic E-state index is 6.50. The van der Waals surface area contributed by atoms with E-state index in [9.17, 15) is 0 Å². The van der Waals surface area contributed by atoms with Gasteiger partial charge in [-0.15, -0.1) is 0 Å². The standard InChI is InChI=1S/C49H29N7O/c1-3-15-30(16-4-1)44-50-45(31-27-28-41-37(29-31)35-21-9-11-23-38(35)55(41)32-17-5-2-6-18-32)52-46(51-44)47-53-48(43-36-22-10-14-26-42(36)57-49(43)54-47)56-39-24-12-7-19-33(39)34-20-8-13-25-40(34)56/h1-29H. The van der Waals surface area contributed by atoms with E-state index in [1.807, 2.05) is 54.6 Å². The van der Waals surface area contributed by atoms with Gasteiger partial charge < -0.3 is 8.98 Å². The number of rotatable bonds is 5. The predicted molar refractivity (Wildman–Crippen MR) is 228 cm³/mol. The van der Waals surface area contributed by atoms with Crippen LogP contribution in [-0.4, -0.2) is 34.1 Å². The summed E-state index contributed by atoms with van der Waals surface area (Å²) in [6.45, 7) is 0. The van der Waals surface area contributed by atoms with E-state index in [0.717, 1.165) is 76.8 Å². The molecule has 57 heavy (non-hydrogen) atoms. The molecule has 0 saturated heterocycles. The van der Waals surface area contributed by atoms with Gasteiger partial charge in [0, 0.05) is 43.7 Å². The molecular weight excluding hydrogens is 703 g/mol. The fourth-order valence-corrected chi connectivity index (χ4v) is 8.31. The average Bonchev–Trinajstić information content (AvgIpc) is 3.94. The van der Waals surface area contributed by atoms with Crippen LogP contribution in [0.4, 0.5) is 0 Å². The van der Waals surface area contributed by atoms with Crippen LogP contribution in [0.25, 0.3) is 112 Å². The number of aromatic nitrogens is 7. The van der Waals surface area contributed by atoms with E-state index in [0.29, 0.717) is 34.8 Å². The number of hydrogen-bond acceptors (Lipinski definition) is 6. The molecule has 0 unspecified atom stereocenters. The minimum atomic E-state index is 0.334. The van der Waals surface area contributed by atoms with Gasteiger partial charge in [-0.05, 0) is 54.6 Å². The van der Waals surface area contributed by atoms with Crippen molar-refractivity contribution in [3.63, 3.8) is 0 Å². The molecule has 0 atom stereocenters. The van der Waals surface area contributed by atoms with Crippen molar-refractivity contribution >= 4 is 65.7 Å². The van der Waals surface area contributed by atoms with Crippen LogP contribution < -0.4 is 0 Å². The number of hydrogen-bond donors (Lipinski definition) is 0. The lowest BCUT2D eigenvalue weighted by molar-refractivity contribution is 0.653. The Balaban J connectivity index is 1.13. The van der Waals surface area contributed by atoms with Crippen molar-refractivity contribution in [1.29, 1.82) is 0 Å². The molecule has 12 rings (SSSR count). The fraction of sp³-hybridized carbons (Fsp3) is 0. The lowest BCUT2D eigenvalue weighted by atomic mass is 10.1. The van der Waals surface area contributed by atoms with Crippen LogP contribution in [0, 0.1) is 0 Å². The molecule has 8 heteroatoms. The molecule has 8 nitrogen and oxygen atoms in total. The summed E-state index contributed by atoms with van der Waals surface area (Å²) >= 11 is 0. The Hall–Kier alpha value is -7.97. The van der Waals surface area contributed by atoms with E-state index in [-0.39, 0.29) is 0 Å². The van der Waals surface area contributed by atoms with Gasteiger partial charge in [0.15, 0.2) is 17.5 Å². The van der Waals surface area contributed by atoms with Crippen LogP contribution in [0.2, 0.25) is 0 Å². The van der Waals surface area contributed by atoms with Gasteiger partial charge >= 0.3 is 0 Å². The summed E-state index contributed by atoms with van der Waals surface area (Å²) in [6.07, 6.45) is 0. The number of para-hydroxylation sites is 5. The highest BCUT2D eigenvalue weighted by atomic mass is 16.3. The van der Waals surface area contributed by atoms with Crippen LogP contribution in [0.5, 0.6) is 0 Å². The Morgan fingerprint density at radius 2 is 0.860 bits per heavy atom. The van der Waals surface area contributed by atoms with E-state index in [2.05, 4.69) is 130 Å². The molecule has 0 aliphatic heterocycles. The second-order valence-corrected chi connectivity index (χ2v) is 14.1. The number of nitrogens with zero attached hydrogens (tertiary/aromatic N) is 7. The molecule has 0 amide bonds. The zero-order valence-electron chi connectivity index (χ0n) is 30.3. The first-order chi connectivity index (χ1) is 28.3. The van der Waals surface area contributed by atoms with E-state index in [1.165, 1.54) is 0 Å². The van der Waals surface area contributed by atoms with Gasteiger partial charge in [-0.1, -0.05) is 121 Å². The molecule has 0 bridgehead atoms. The van der Waals surface area contributed by atoms with Gasteiger partial charge in [0.1, 0.15) is 5.58 Å². The zero-order valence-corrected chi connectivity index (χ0v) is 30.3. The summed E-state index contributed by atoms with van der Waals surface area (Å²) in [5.41, 5.74) is 8.27. The predicted octanol–water partition coefficient (Wildman–Crippen LogP) is 11.8. The van der Waals surface area contributed by atoms with Crippen molar-refractivity contribution in [3.8, 4) is 45.9 Å². The third kappa shape index (κ3) is 4.84. The van der Waals surface area contributed by atoms with Crippen LogP contribution in [0.15, 0.2) is 180 Å². The topological polar surface area (TPSA) is 87.5 Å². The highest BCUT2D eigenvalue weighted by Gasteiger charge is 2.24. The molecule has 12 aromatic rings. The first-order valence-electron chi connectivity index (χ1n) is 18.9. The largest absolute Gasteiger partial charge is 0.437 e. The van der Waals surface area contributed by atoms with E-state index in [1.54, 1.807) is 0 Å². The summed E-state index contributed by atoms with van der Waals surface area (Å²) < 4.78 is 11.0. The van der Waals surface area contributed by atoms with Crippen molar-refractivity contribution in [2.75, 3.05) is 0 Å². The molecule has 0 N–H and O–H groups in total. The first kappa shape index (κ1) is 31.4. The first-order valence-corrected chi connectivity index (χ1v) is 18.9. The lowest BCUT2D eigenvalue weighted by Gasteiger charge is -2.11. The molecular formula is C49H29N7O. The van der Waals surface area contributed by atoms with Gasteiger partial charge in [0.05, 0.1) is 27.5 Å². The molecule has 0 spiro atoms. The van der Waals surface area contributed by atoms with Crippen LogP contribution in [0.3, 0.4) is 0 Å². The van der Waals surface area contributed by atoms with Crippen LogP contribution in [-0.2, 0) is 0 Å². The van der Waals surface area contributed by atoms with Gasteiger partial charge in [-0.25, -0.2) is 19.9 Å². The van der Waals surface area contributed by atoms with Crippen molar-refractivity contribution < 1.29 is 4.42 Å². The molecule has 5 heterocycles. The third-order valence-corrected chi connectivity index (χ3v) is 10.8. The van der Waals surface area contributed by atoms with Crippen LogP contribution in [0.1, 0.15) is 0 Å². The second-order valence-electron chi connectivity index (χ2n) is 14.1. The van der Waals surface area contributed by atoms with Gasteiger partial charge in [0.25, 0.3) is 0 Å². The lowest BCUT2D eigenvalue weighted by Crippen LogP contribution is -2.06.